The first-order chi connectivity index (χ1) is 11.4. The van der Waals surface area contributed by atoms with Crippen molar-refractivity contribution in [2.75, 3.05) is 11.5 Å². The van der Waals surface area contributed by atoms with Crippen LogP contribution in [0.1, 0.15) is 34.6 Å². The number of imide groups is 1. The molecule has 1 aromatic carbocycles. The molecule has 2 aromatic rings. The van der Waals surface area contributed by atoms with E-state index >= 15 is 0 Å². The van der Waals surface area contributed by atoms with Crippen molar-refractivity contribution in [2.24, 2.45) is 0 Å². The van der Waals surface area contributed by atoms with Gasteiger partial charge in [-0.05, 0) is 26.0 Å². The van der Waals surface area contributed by atoms with Gasteiger partial charge in [-0.1, -0.05) is 12.1 Å². The van der Waals surface area contributed by atoms with E-state index in [1.54, 1.807) is 41.2 Å². The lowest BCUT2D eigenvalue weighted by molar-refractivity contribution is -0.139. The molecule has 1 fully saturated rings. The zero-order valence-electron chi connectivity index (χ0n) is 13.4. The van der Waals surface area contributed by atoms with Gasteiger partial charge in [-0.2, -0.15) is 5.10 Å². The maximum atomic E-state index is 12.5. The largest absolute Gasteiger partial charge is 0.348 e. The van der Waals surface area contributed by atoms with E-state index in [-0.39, 0.29) is 17.9 Å². The van der Waals surface area contributed by atoms with E-state index in [0.717, 1.165) is 4.90 Å². The first-order valence-corrected chi connectivity index (χ1v) is 7.78. The topological polar surface area (TPSA) is 73.7 Å². The summed E-state index contributed by atoms with van der Waals surface area (Å²) in [5.41, 5.74) is 0.817. The molecule has 0 saturated carbocycles. The van der Waals surface area contributed by atoms with Gasteiger partial charge < -0.3 is 9.47 Å². The Bertz CT molecular complexity index is 792. The maximum absolute atomic E-state index is 12.5. The predicted molar refractivity (Wildman–Crippen MR) is 84.7 cm³/mol. The molecule has 0 unspecified atom stereocenters. The van der Waals surface area contributed by atoms with Gasteiger partial charge in [0.2, 0.25) is 0 Å². The standard InChI is InChI=1S/C17H17N3O4/c1-17(2)23-10-11(24-17)9-19-8-7-14(18-19)20-15(21)12-5-3-4-6-13(12)16(20)22/h3-8,11H,9-10H2,1-2H3/t11-/m1/s1. The third kappa shape index (κ3) is 2.42. The quantitative estimate of drug-likeness (QED) is 0.804. The molecule has 0 radical (unpaired) electrons. The van der Waals surface area contributed by atoms with E-state index < -0.39 is 5.79 Å². The number of fused-ring (bicyclic) bond motifs is 1. The van der Waals surface area contributed by atoms with Crippen LogP contribution in [0.15, 0.2) is 36.5 Å². The van der Waals surface area contributed by atoms with E-state index in [4.69, 9.17) is 9.47 Å². The van der Waals surface area contributed by atoms with Crippen molar-refractivity contribution in [3.63, 3.8) is 0 Å². The minimum Gasteiger partial charge on any atom is -0.348 e. The lowest BCUT2D eigenvalue weighted by atomic mass is 10.1. The number of carbonyl (C=O) groups is 2. The van der Waals surface area contributed by atoms with E-state index in [2.05, 4.69) is 5.10 Å². The number of anilines is 1. The van der Waals surface area contributed by atoms with Crippen molar-refractivity contribution in [2.45, 2.75) is 32.3 Å². The molecule has 7 nitrogen and oxygen atoms in total. The summed E-state index contributed by atoms with van der Waals surface area (Å²) in [4.78, 5) is 26.0. The average molecular weight is 327 g/mol. The first kappa shape index (κ1) is 15.0. The first-order valence-electron chi connectivity index (χ1n) is 7.78. The Hall–Kier alpha value is -2.51. The normalized spacial score (nSPS) is 22.2. The van der Waals surface area contributed by atoms with Crippen molar-refractivity contribution in [1.29, 1.82) is 0 Å². The number of rotatable bonds is 3. The zero-order valence-corrected chi connectivity index (χ0v) is 13.4. The molecule has 24 heavy (non-hydrogen) atoms. The fourth-order valence-electron chi connectivity index (χ4n) is 3.03. The molecule has 1 saturated heterocycles. The number of hydrogen-bond acceptors (Lipinski definition) is 5. The van der Waals surface area contributed by atoms with E-state index in [1.165, 1.54) is 0 Å². The number of ether oxygens (including phenoxy) is 2. The molecule has 3 heterocycles. The monoisotopic (exact) mass is 327 g/mol. The van der Waals surface area contributed by atoms with Crippen molar-refractivity contribution in [3.05, 3.63) is 47.7 Å². The van der Waals surface area contributed by atoms with Gasteiger partial charge in [0.1, 0.15) is 6.10 Å². The van der Waals surface area contributed by atoms with Crippen molar-refractivity contribution in [1.82, 2.24) is 9.78 Å². The van der Waals surface area contributed by atoms with Crippen LogP contribution in [-0.2, 0) is 16.0 Å². The Morgan fingerprint density at radius 3 is 2.42 bits per heavy atom. The Labute approximate surface area is 138 Å². The van der Waals surface area contributed by atoms with Crippen LogP contribution in [0, 0.1) is 0 Å². The Morgan fingerprint density at radius 2 is 1.83 bits per heavy atom. The lowest BCUT2D eigenvalue weighted by Gasteiger charge is -2.17. The van der Waals surface area contributed by atoms with E-state index in [0.29, 0.717) is 30.1 Å². The van der Waals surface area contributed by atoms with Gasteiger partial charge in [0.15, 0.2) is 11.6 Å². The summed E-state index contributed by atoms with van der Waals surface area (Å²) in [6.07, 6.45) is 1.61. The number of nitrogens with zero attached hydrogens (tertiary/aromatic N) is 3. The van der Waals surface area contributed by atoms with Crippen LogP contribution >= 0.6 is 0 Å². The van der Waals surface area contributed by atoms with Crippen molar-refractivity contribution >= 4 is 17.6 Å². The molecule has 2 aliphatic heterocycles. The summed E-state index contributed by atoms with van der Waals surface area (Å²) in [7, 11) is 0. The van der Waals surface area contributed by atoms with Gasteiger partial charge in [-0.3, -0.25) is 14.3 Å². The minimum absolute atomic E-state index is 0.116. The van der Waals surface area contributed by atoms with Crippen molar-refractivity contribution < 1.29 is 19.1 Å². The van der Waals surface area contributed by atoms with E-state index in [9.17, 15) is 9.59 Å². The second-order valence-electron chi connectivity index (χ2n) is 6.34. The molecule has 2 aliphatic rings. The number of carbonyl (C=O) groups excluding carboxylic acids is 2. The molecular formula is C17H17N3O4. The minimum atomic E-state index is -0.594. The SMILES string of the molecule is CC1(C)OC[C@@H](Cn2ccc(N3C(=O)c4ccccc4C3=O)n2)O1. The highest BCUT2D eigenvalue weighted by molar-refractivity contribution is 6.34. The molecule has 0 bridgehead atoms. The zero-order chi connectivity index (χ0) is 16.9. The van der Waals surface area contributed by atoms with Crippen LogP contribution < -0.4 is 4.90 Å². The fourth-order valence-corrected chi connectivity index (χ4v) is 3.03. The molecular weight excluding hydrogens is 310 g/mol. The summed E-state index contributed by atoms with van der Waals surface area (Å²) in [5.74, 6) is -0.965. The highest BCUT2D eigenvalue weighted by Gasteiger charge is 2.38. The van der Waals surface area contributed by atoms with Gasteiger partial charge in [0, 0.05) is 12.3 Å². The summed E-state index contributed by atoms with van der Waals surface area (Å²) in [6.45, 7) is 4.70. The molecule has 7 heteroatoms. The molecule has 2 amide bonds. The smallest absolute Gasteiger partial charge is 0.267 e. The van der Waals surface area contributed by atoms with Gasteiger partial charge in [0.25, 0.3) is 11.8 Å². The van der Waals surface area contributed by atoms with Crippen LogP contribution in [0.3, 0.4) is 0 Å². The van der Waals surface area contributed by atoms with Gasteiger partial charge >= 0.3 is 0 Å². The van der Waals surface area contributed by atoms with Crippen LogP contribution in [0.25, 0.3) is 0 Å². The van der Waals surface area contributed by atoms with Crippen molar-refractivity contribution in [3.8, 4) is 0 Å². The predicted octanol–water partition coefficient (Wildman–Crippen LogP) is 1.84. The average Bonchev–Trinajstić information content (AvgIpc) is 3.19. The van der Waals surface area contributed by atoms with Gasteiger partial charge in [-0.25, -0.2) is 4.90 Å². The molecule has 0 N–H and O–H groups in total. The molecule has 124 valence electrons. The highest BCUT2D eigenvalue weighted by Crippen LogP contribution is 2.27. The Morgan fingerprint density at radius 1 is 1.17 bits per heavy atom. The fraction of sp³-hybridized carbons (Fsp3) is 0.353. The molecule has 0 spiro atoms. The molecule has 0 aliphatic carbocycles. The summed E-state index contributed by atoms with van der Waals surface area (Å²) in [6, 6.07) is 8.44. The second-order valence-corrected chi connectivity index (χ2v) is 6.34. The van der Waals surface area contributed by atoms with Gasteiger partial charge in [-0.15, -0.1) is 0 Å². The number of hydrogen-bond donors (Lipinski definition) is 0. The molecule has 1 atom stereocenters. The molecule has 1 aromatic heterocycles. The number of benzene rings is 1. The second kappa shape index (κ2) is 5.25. The number of aromatic nitrogens is 2. The van der Waals surface area contributed by atoms with Crippen LogP contribution in [-0.4, -0.2) is 40.1 Å². The van der Waals surface area contributed by atoms with E-state index in [1.807, 2.05) is 13.8 Å². The summed E-state index contributed by atoms with van der Waals surface area (Å²) >= 11 is 0. The maximum Gasteiger partial charge on any atom is 0.267 e. The Balaban J connectivity index is 1.54. The number of amides is 2. The summed E-state index contributed by atoms with van der Waals surface area (Å²) in [5, 5.41) is 4.35. The van der Waals surface area contributed by atoms with Crippen LogP contribution in [0.4, 0.5) is 5.82 Å². The van der Waals surface area contributed by atoms with Crippen LogP contribution in [0.5, 0.6) is 0 Å². The Kier molecular flexibility index (Phi) is 3.29. The van der Waals surface area contributed by atoms with Crippen LogP contribution in [0.2, 0.25) is 0 Å². The van der Waals surface area contributed by atoms with Gasteiger partial charge in [0.05, 0.1) is 24.3 Å². The lowest BCUT2D eigenvalue weighted by Crippen LogP contribution is -2.30. The highest BCUT2D eigenvalue weighted by atomic mass is 16.7. The third-order valence-electron chi connectivity index (χ3n) is 4.11. The molecule has 4 rings (SSSR count). The summed E-state index contributed by atoms with van der Waals surface area (Å²) < 4.78 is 12.9. The third-order valence-corrected chi connectivity index (χ3v) is 4.11.